The van der Waals surface area contributed by atoms with E-state index in [1.54, 1.807) is 18.3 Å². The number of hydrazone groups is 1. The van der Waals surface area contributed by atoms with Crippen molar-refractivity contribution in [2.24, 2.45) is 5.10 Å². The maximum atomic E-state index is 6.13. The van der Waals surface area contributed by atoms with Crippen molar-refractivity contribution in [2.45, 2.75) is 13.8 Å². The van der Waals surface area contributed by atoms with Gasteiger partial charge in [0.05, 0.1) is 29.1 Å². The van der Waals surface area contributed by atoms with E-state index in [1.807, 2.05) is 5.38 Å². The molecule has 3 aromatic rings. The first-order valence-electron chi connectivity index (χ1n) is 7.83. The van der Waals surface area contributed by atoms with Crippen LogP contribution in [-0.4, -0.2) is 18.3 Å². The Labute approximate surface area is 166 Å². The van der Waals surface area contributed by atoms with Crippen molar-refractivity contribution in [3.63, 3.8) is 0 Å². The minimum Gasteiger partial charge on any atom is -0.494 e. The number of methoxy groups -OCH3 is 1. The topological polar surface area (TPSA) is 46.5 Å². The molecule has 26 heavy (non-hydrogen) atoms. The molecule has 0 aliphatic rings. The molecule has 0 saturated heterocycles. The molecule has 0 aliphatic carbocycles. The molecule has 0 spiro atoms. The van der Waals surface area contributed by atoms with Crippen LogP contribution in [0.2, 0.25) is 10.0 Å². The fourth-order valence-electron chi connectivity index (χ4n) is 2.56. The molecule has 0 unspecified atom stereocenters. The Kier molecular flexibility index (Phi) is 5.81. The van der Waals surface area contributed by atoms with Crippen LogP contribution in [0.5, 0.6) is 5.75 Å². The normalized spacial score (nSPS) is 11.1. The van der Waals surface area contributed by atoms with E-state index < -0.39 is 0 Å². The number of aromatic nitrogens is 1. The highest BCUT2D eigenvalue weighted by atomic mass is 35.5. The van der Waals surface area contributed by atoms with Gasteiger partial charge in [0.25, 0.3) is 0 Å². The summed E-state index contributed by atoms with van der Waals surface area (Å²) in [7, 11) is 1.53. The van der Waals surface area contributed by atoms with Crippen LogP contribution >= 0.6 is 34.5 Å². The molecule has 0 amide bonds. The first-order valence-corrected chi connectivity index (χ1v) is 9.46. The van der Waals surface area contributed by atoms with Gasteiger partial charge in [-0.15, -0.1) is 11.3 Å². The van der Waals surface area contributed by atoms with Crippen LogP contribution in [0.4, 0.5) is 5.13 Å². The molecule has 2 aromatic carbocycles. The summed E-state index contributed by atoms with van der Waals surface area (Å²) in [5, 5.41) is 7.80. The number of nitrogens with zero attached hydrogens (tertiary/aromatic N) is 2. The lowest BCUT2D eigenvalue weighted by Gasteiger charge is -2.06. The molecule has 3 rings (SSSR count). The van der Waals surface area contributed by atoms with Crippen LogP contribution in [0.25, 0.3) is 11.3 Å². The third-order valence-electron chi connectivity index (χ3n) is 3.76. The maximum Gasteiger partial charge on any atom is 0.203 e. The van der Waals surface area contributed by atoms with Gasteiger partial charge in [0.2, 0.25) is 5.13 Å². The zero-order valence-electron chi connectivity index (χ0n) is 14.5. The number of ether oxygens (including phenoxy) is 1. The monoisotopic (exact) mass is 405 g/mol. The Bertz CT molecular complexity index is 946. The average molecular weight is 406 g/mol. The van der Waals surface area contributed by atoms with Crippen LogP contribution in [-0.2, 0) is 0 Å². The third-order valence-corrected chi connectivity index (χ3v) is 5.07. The third kappa shape index (κ3) is 4.18. The Morgan fingerprint density at radius 2 is 1.88 bits per heavy atom. The van der Waals surface area contributed by atoms with E-state index >= 15 is 0 Å². The van der Waals surface area contributed by atoms with Gasteiger partial charge < -0.3 is 4.74 Å². The molecule has 4 nitrogen and oxygen atoms in total. The number of nitrogens with one attached hydrogen (secondary N) is 1. The molecule has 1 N–H and O–H groups in total. The predicted molar refractivity (Wildman–Crippen MR) is 111 cm³/mol. The summed E-state index contributed by atoms with van der Waals surface area (Å²) >= 11 is 13.7. The van der Waals surface area contributed by atoms with Gasteiger partial charge >= 0.3 is 0 Å². The number of aryl methyl sites for hydroxylation is 2. The molecule has 0 radical (unpaired) electrons. The number of hydrogen-bond acceptors (Lipinski definition) is 5. The SMILES string of the molecule is COc1c(Cl)cc(/C=N\Nc2nc(-c3ccc(C)cc3C)cs2)cc1Cl. The maximum absolute atomic E-state index is 6.13. The highest BCUT2D eigenvalue weighted by molar-refractivity contribution is 7.14. The van der Waals surface area contributed by atoms with Gasteiger partial charge in [0.15, 0.2) is 5.75 Å². The van der Waals surface area contributed by atoms with Crippen LogP contribution in [0.15, 0.2) is 40.8 Å². The van der Waals surface area contributed by atoms with Crippen LogP contribution in [0.1, 0.15) is 16.7 Å². The lowest BCUT2D eigenvalue weighted by atomic mass is 10.0. The summed E-state index contributed by atoms with van der Waals surface area (Å²) in [5.41, 5.74) is 8.20. The molecular weight excluding hydrogens is 389 g/mol. The van der Waals surface area contributed by atoms with Crippen LogP contribution < -0.4 is 10.2 Å². The highest BCUT2D eigenvalue weighted by Crippen LogP contribution is 2.33. The number of halogens is 2. The predicted octanol–water partition coefficient (Wildman–Crippen LogP) is 6.19. The summed E-state index contributed by atoms with van der Waals surface area (Å²) in [6.07, 6.45) is 1.63. The molecule has 0 aliphatic heterocycles. The smallest absolute Gasteiger partial charge is 0.203 e. The van der Waals surface area contributed by atoms with Gasteiger partial charge in [0, 0.05) is 10.9 Å². The van der Waals surface area contributed by atoms with Crippen molar-refractivity contribution in [2.75, 3.05) is 12.5 Å². The van der Waals surface area contributed by atoms with Crippen molar-refractivity contribution >= 4 is 45.9 Å². The fraction of sp³-hybridized carbons (Fsp3) is 0.158. The summed E-state index contributed by atoms with van der Waals surface area (Å²) in [4.78, 5) is 4.59. The van der Waals surface area contributed by atoms with Crippen LogP contribution in [0, 0.1) is 13.8 Å². The molecule has 1 aromatic heterocycles. The Balaban J connectivity index is 1.73. The second-order valence-electron chi connectivity index (χ2n) is 5.74. The van der Waals surface area contributed by atoms with Gasteiger partial charge in [-0.2, -0.15) is 5.10 Å². The van der Waals surface area contributed by atoms with Crippen LogP contribution in [0.3, 0.4) is 0 Å². The Morgan fingerprint density at radius 3 is 2.54 bits per heavy atom. The van der Waals surface area contributed by atoms with Crippen molar-refractivity contribution < 1.29 is 4.74 Å². The minimum atomic E-state index is 0.438. The quantitative estimate of drug-likeness (QED) is 0.406. The largest absolute Gasteiger partial charge is 0.494 e. The number of benzene rings is 2. The van der Waals surface area contributed by atoms with Gasteiger partial charge in [0.1, 0.15) is 0 Å². The summed E-state index contributed by atoms with van der Waals surface area (Å²) < 4.78 is 5.13. The lowest BCUT2D eigenvalue weighted by molar-refractivity contribution is 0.415. The zero-order chi connectivity index (χ0) is 18.7. The van der Waals surface area contributed by atoms with Gasteiger partial charge in [-0.3, -0.25) is 5.43 Å². The second kappa shape index (κ2) is 8.08. The van der Waals surface area contributed by atoms with Gasteiger partial charge in [-0.25, -0.2) is 4.98 Å². The molecule has 0 atom stereocenters. The zero-order valence-corrected chi connectivity index (χ0v) is 16.8. The van der Waals surface area contributed by atoms with Crippen molar-refractivity contribution in [1.29, 1.82) is 0 Å². The molecule has 1 heterocycles. The molecule has 0 bridgehead atoms. The fourth-order valence-corrected chi connectivity index (χ4v) is 3.88. The summed E-state index contributed by atoms with van der Waals surface area (Å²) in [6, 6.07) is 9.80. The van der Waals surface area contributed by atoms with E-state index in [0.29, 0.717) is 20.9 Å². The van der Waals surface area contributed by atoms with Crippen molar-refractivity contribution in [1.82, 2.24) is 4.98 Å². The molecule has 0 fully saturated rings. The minimum absolute atomic E-state index is 0.438. The summed E-state index contributed by atoms with van der Waals surface area (Å²) in [5.74, 6) is 0.455. The molecule has 7 heteroatoms. The molecule has 0 saturated carbocycles. The Hall–Kier alpha value is -2.08. The number of rotatable bonds is 5. The van der Waals surface area contributed by atoms with E-state index in [1.165, 1.54) is 29.6 Å². The molecule has 134 valence electrons. The van der Waals surface area contributed by atoms with E-state index in [9.17, 15) is 0 Å². The lowest BCUT2D eigenvalue weighted by Crippen LogP contribution is -1.92. The average Bonchev–Trinajstić information content (AvgIpc) is 3.03. The summed E-state index contributed by atoms with van der Waals surface area (Å²) in [6.45, 7) is 4.17. The van der Waals surface area contributed by atoms with E-state index in [4.69, 9.17) is 27.9 Å². The first-order chi connectivity index (χ1) is 12.5. The second-order valence-corrected chi connectivity index (χ2v) is 7.42. The highest BCUT2D eigenvalue weighted by Gasteiger charge is 2.08. The van der Waals surface area contributed by atoms with E-state index in [2.05, 4.69) is 47.6 Å². The standard InChI is InChI=1S/C19H17Cl2N3OS/c1-11-4-5-14(12(2)6-11)17-10-26-19(23-17)24-22-9-13-7-15(20)18(25-3)16(21)8-13/h4-10H,1-3H3,(H,23,24)/b22-9-. The van der Waals surface area contributed by atoms with Crippen molar-refractivity contribution in [3.8, 4) is 17.0 Å². The van der Waals surface area contributed by atoms with E-state index in [0.717, 1.165) is 16.8 Å². The number of anilines is 1. The number of thiazole rings is 1. The molecular formula is C19H17Cl2N3OS. The van der Waals surface area contributed by atoms with Gasteiger partial charge in [-0.1, -0.05) is 47.0 Å². The van der Waals surface area contributed by atoms with Gasteiger partial charge in [-0.05, 0) is 37.1 Å². The number of hydrogen-bond donors (Lipinski definition) is 1. The first kappa shape index (κ1) is 18.7. The Morgan fingerprint density at radius 1 is 1.15 bits per heavy atom. The van der Waals surface area contributed by atoms with E-state index in [-0.39, 0.29) is 0 Å². The van der Waals surface area contributed by atoms with Crippen molar-refractivity contribution in [3.05, 3.63) is 62.4 Å².